The fraction of sp³-hybridized carbons (Fsp3) is 0. The Morgan fingerprint density at radius 1 is 1.23 bits per heavy atom. The minimum atomic E-state index is -0.439. The number of carbonyl (C=O) groups is 1. The van der Waals surface area contributed by atoms with Gasteiger partial charge in [-0.2, -0.15) is 0 Å². The Kier molecular flexibility index (Phi) is 1.99. The van der Waals surface area contributed by atoms with Crippen LogP contribution in [0.4, 0.5) is 0 Å². The summed E-state index contributed by atoms with van der Waals surface area (Å²) in [7, 11) is 0. The lowest BCUT2D eigenvalue weighted by Gasteiger charge is -1.97. The van der Waals surface area contributed by atoms with Gasteiger partial charge in [0.2, 0.25) is 0 Å². The van der Waals surface area contributed by atoms with Crippen LogP contribution in [0.1, 0.15) is 10.4 Å². The molecule has 64 valence electrons. The number of benzene rings is 1. The van der Waals surface area contributed by atoms with Crippen molar-refractivity contribution in [3.05, 3.63) is 42.2 Å². The minimum absolute atomic E-state index is 0.439. The summed E-state index contributed by atoms with van der Waals surface area (Å²) in [6.45, 7) is 0. The van der Waals surface area contributed by atoms with Gasteiger partial charge in [0.1, 0.15) is 0 Å². The van der Waals surface area contributed by atoms with Crippen LogP contribution in [-0.4, -0.2) is 10.2 Å². The number of hydrogen-bond acceptors (Lipinski definition) is 2. The summed E-state index contributed by atoms with van der Waals surface area (Å²) in [4.78, 5) is 14.8. The highest BCUT2D eigenvalue weighted by Crippen LogP contribution is 2.15. The topological polar surface area (TPSA) is 30.0 Å². The SMILES string of the molecule is O=C(Cl)c1ccc2ccncc2c1. The molecular formula is C10H6ClNO. The van der Waals surface area contributed by atoms with Crippen molar-refractivity contribution >= 4 is 27.6 Å². The van der Waals surface area contributed by atoms with Gasteiger partial charge in [0.15, 0.2) is 0 Å². The summed E-state index contributed by atoms with van der Waals surface area (Å²) < 4.78 is 0. The first-order valence-corrected chi connectivity index (χ1v) is 4.19. The van der Waals surface area contributed by atoms with Crippen molar-refractivity contribution in [3.63, 3.8) is 0 Å². The average Bonchev–Trinajstić information content (AvgIpc) is 2.17. The number of carbonyl (C=O) groups excluding carboxylic acids is 1. The fourth-order valence-electron chi connectivity index (χ4n) is 1.21. The van der Waals surface area contributed by atoms with Crippen LogP contribution in [0.25, 0.3) is 10.8 Å². The summed E-state index contributed by atoms with van der Waals surface area (Å²) in [5, 5.41) is 1.54. The molecule has 0 aliphatic carbocycles. The van der Waals surface area contributed by atoms with Gasteiger partial charge in [0, 0.05) is 23.3 Å². The molecule has 0 saturated carbocycles. The molecule has 0 saturated heterocycles. The fourth-order valence-corrected chi connectivity index (χ4v) is 1.32. The van der Waals surface area contributed by atoms with Crippen molar-refractivity contribution in [2.75, 3.05) is 0 Å². The number of pyridine rings is 1. The standard InChI is InChI=1S/C10H6ClNO/c11-10(13)8-2-1-7-3-4-12-6-9(7)5-8/h1-6H. The zero-order valence-corrected chi connectivity index (χ0v) is 7.45. The second-order valence-electron chi connectivity index (χ2n) is 2.71. The van der Waals surface area contributed by atoms with Gasteiger partial charge >= 0.3 is 0 Å². The summed E-state index contributed by atoms with van der Waals surface area (Å²) in [5.41, 5.74) is 0.502. The van der Waals surface area contributed by atoms with E-state index in [2.05, 4.69) is 4.98 Å². The van der Waals surface area contributed by atoms with Gasteiger partial charge in [-0.1, -0.05) is 6.07 Å². The second-order valence-corrected chi connectivity index (χ2v) is 3.05. The smallest absolute Gasteiger partial charge is 0.252 e. The highest BCUT2D eigenvalue weighted by Gasteiger charge is 2.01. The highest BCUT2D eigenvalue weighted by molar-refractivity contribution is 6.67. The van der Waals surface area contributed by atoms with Crippen molar-refractivity contribution in [3.8, 4) is 0 Å². The summed E-state index contributed by atoms with van der Waals surface area (Å²) >= 11 is 5.34. The quantitative estimate of drug-likeness (QED) is 0.649. The van der Waals surface area contributed by atoms with Crippen LogP contribution in [0, 0.1) is 0 Å². The molecular weight excluding hydrogens is 186 g/mol. The van der Waals surface area contributed by atoms with Crippen LogP contribution in [0.15, 0.2) is 36.7 Å². The molecule has 3 heteroatoms. The van der Waals surface area contributed by atoms with Crippen molar-refractivity contribution < 1.29 is 4.79 Å². The zero-order valence-electron chi connectivity index (χ0n) is 6.70. The van der Waals surface area contributed by atoms with Crippen LogP contribution < -0.4 is 0 Å². The number of nitrogens with zero attached hydrogens (tertiary/aromatic N) is 1. The van der Waals surface area contributed by atoms with Crippen LogP contribution in [0.2, 0.25) is 0 Å². The molecule has 1 heterocycles. The van der Waals surface area contributed by atoms with E-state index in [0.717, 1.165) is 10.8 Å². The third-order valence-electron chi connectivity index (χ3n) is 1.87. The Morgan fingerprint density at radius 2 is 2.08 bits per heavy atom. The molecule has 0 aliphatic rings. The van der Waals surface area contributed by atoms with Crippen LogP contribution in [-0.2, 0) is 0 Å². The Balaban J connectivity index is 2.69. The first-order chi connectivity index (χ1) is 6.27. The van der Waals surface area contributed by atoms with Gasteiger partial charge in [-0.3, -0.25) is 9.78 Å². The van der Waals surface area contributed by atoms with E-state index >= 15 is 0 Å². The molecule has 0 fully saturated rings. The first-order valence-electron chi connectivity index (χ1n) is 3.81. The van der Waals surface area contributed by atoms with Gasteiger partial charge in [0.25, 0.3) is 5.24 Å². The van der Waals surface area contributed by atoms with Gasteiger partial charge < -0.3 is 0 Å². The molecule has 13 heavy (non-hydrogen) atoms. The second kappa shape index (κ2) is 3.15. The van der Waals surface area contributed by atoms with Gasteiger partial charge in [-0.05, 0) is 35.2 Å². The molecule has 2 nitrogen and oxygen atoms in total. The van der Waals surface area contributed by atoms with E-state index in [1.165, 1.54) is 0 Å². The maximum atomic E-state index is 10.8. The lowest BCUT2D eigenvalue weighted by molar-refractivity contribution is 0.108. The van der Waals surface area contributed by atoms with E-state index in [4.69, 9.17) is 11.6 Å². The van der Waals surface area contributed by atoms with E-state index in [1.807, 2.05) is 12.1 Å². The zero-order chi connectivity index (χ0) is 9.26. The molecule has 0 atom stereocenters. The lowest BCUT2D eigenvalue weighted by Crippen LogP contribution is -1.87. The average molecular weight is 192 g/mol. The number of aromatic nitrogens is 1. The van der Waals surface area contributed by atoms with Crippen molar-refractivity contribution in [2.24, 2.45) is 0 Å². The van der Waals surface area contributed by atoms with Crippen molar-refractivity contribution in [1.82, 2.24) is 4.98 Å². The monoisotopic (exact) mass is 191 g/mol. The predicted molar refractivity (Wildman–Crippen MR) is 51.9 cm³/mol. The summed E-state index contributed by atoms with van der Waals surface area (Å²) in [6.07, 6.45) is 3.42. The molecule has 1 aromatic carbocycles. The number of rotatable bonds is 1. The molecule has 1 aromatic heterocycles. The van der Waals surface area contributed by atoms with Gasteiger partial charge in [0.05, 0.1) is 0 Å². The third kappa shape index (κ3) is 1.53. The Hall–Kier alpha value is -1.41. The molecule has 2 rings (SSSR count). The van der Waals surface area contributed by atoms with Crippen LogP contribution in [0.3, 0.4) is 0 Å². The van der Waals surface area contributed by atoms with Crippen LogP contribution >= 0.6 is 11.6 Å². The molecule has 0 radical (unpaired) electrons. The summed E-state index contributed by atoms with van der Waals surface area (Å²) in [5.74, 6) is 0. The van der Waals surface area contributed by atoms with E-state index in [9.17, 15) is 4.79 Å². The minimum Gasteiger partial charge on any atom is -0.276 e. The van der Waals surface area contributed by atoms with Crippen molar-refractivity contribution in [1.29, 1.82) is 0 Å². The number of hydrogen-bond donors (Lipinski definition) is 0. The molecule has 0 aliphatic heterocycles. The van der Waals surface area contributed by atoms with E-state index in [1.54, 1.807) is 24.5 Å². The number of fused-ring (bicyclic) bond motifs is 1. The highest BCUT2D eigenvalue weighted by atomic mass is 35.5. The van der Waals surface area contributed by atoms with E-state index in [0.29, 0.717) is 5.56 Å². The predicted octanol–water partition coefficient (Wildman–Crippen LogP) is 2.61. The largest absolute Gasteiger partial charge is 0.276 e. The molecule has 0 spiro atoms. The molecule has 2 aromatic rings. The molecule has 0 bridgehead atoms. The first kappa shape index (κ1) is 8.20. The van der Waals surface area contributed by atoms with Gasteiger partial charge in [-0.25, -0.2) is 0 Å². The van der Waals surface area contributed by atoms with Crippen molar-refractivity contribution in [2.45, 2.75) is 0 Å². The Bertz CT molecular complexity index is 467. The van der Waals surface area contributed by atoms with E-state index < -0.39 is 5.24 Å². The third-order valence-corrected chi connectivity index (χ3v) is 2.09. The van der Waals surface area contributed by atoms with Crippen LogP contribution in [0.5, 0.6) is 0 Å². The van der Waals surface area contributed by atoms with Gasteiger partial charge in [-0.15, -0.1) is 0 Å². The Labute approximate surface area is 80.2 Å². The number of halogens is 1. The molecule has 0 N–H and O–H groups in total. The normalized spacial score (nSPS) is 10.2. The maximum Gasteiger partial charge on any atom is 0.252 e. The molecule has 0 amide bonds. The van der Waals surface area contributed by atoms with E-state index in [-0.39, 0.29) is 0 Å². The maximum absolute atomic E-state index is 10.8. The lowest BCUT2D eigenvalue weighted by atomic mass is 10.1. The molecule has 0 unspecified atom stereocenters. The summed E-state index contributed by atoms with van der Waals surface area (Å²) in [6, 6.07) is 7.18. The Morgan fingerprint density at radius 3 is 2.85 bits per heavy atom.